The van der Waals surface area contributed by atoms with Crippen molar-refractivity contribution < 1.29 is 13.9 Å². The molecule has 126 valence electrons. The van der Waals surface area contributed by atoms with Crippen molar-refractivity contribution in [2.75, 3.05) is 0 Å². The highest BCUT2D eigenvalue weighted by atomic mass is 19.1. The summed E-state index contributed by atoms with van der Waals surface area (Å²) in [5.41, 5.74) is 2.65. The predicted molar refractivity (Wildman–Crippen MR) is 88.2 cm³/mol. The molecule has 0 fully saturated rings. The van der Waals surface area contributed by atoms with Crippen LogP contribution >= 0.6 is 0 Å². The predicted octanol–water partition coefficient (Wildman–Crippen LogP) is 3.20. The van der Waals surface area contributed by atoms with Crippen molar-refractivity contribution in [1.29, 1.82) is 0 Å². The van der Waals surface area contributed by atoms with E-state index >= 15 is 0 Å². The summed E-state index contributed by atoms with van der Waals surface area (Å²) in [7, 11) is 0. The standard InChI is InChI=1S/C17H19FN4O2/c1-11-6-7-12(13(18)10-11)14(15-19-8-5-9-20-15)21-22-16(23)24-17(2,3)4/h5-10H,1-4H3,(H,22,23)/b21-14+. The van der Waals surface area contributed by atoms with Crippen molar-refractivity contribution in [3.05, 3.63) is 59.4 Å². The van der Waals surface area contributed by atoms with Gasteiger partial charge >= 0.3 is 6.09 Å². The normalized spacial score (nSPS) is 12.0. The zero-order chi connectivity index (χ0) is 17.7. The SMILES string of the molecule is Cc1ccc(/C(=N\NC(=O)OC(C)(C)C)c2ncccn2)c(F)c1. The topological polar surface area (TPSA) is 76.5 Å². The molecule has 0 spiro atoms. The molecule has 0 radical (unpaired) electrons. The Morgan fingerprint density at radius 3 is 2.50 bits per heavy atom. The van der Waals surface area contributed by atoms with Crippen molar-refractivity contribution in [2.45, 2.75) is 33.3 Å². The quantitative estimate of drug-likeness (QED) is 0.692. The van der Waals surface area contributed by atoms with Crippen molar-refractivity contribution >= 4 is 11.8 Å². The molecule has 0 aliphatic heterocycles. The highest BCUT2D eigenvalue weighted by Gasteiger charge is 2.18. The van der Waals surface area contributed by atoms with Crippen molar-refractivity contribution in [1.82, 2.24) is 15.4 Å². The number of carbonyl (C=O) groups is 1. The van der Waals surface area contributed by atoms with Crippen molar-refractivity contribution in [2.24, 2.45) is 5.10 Å². The average Bonchev–Trinajstić information content (AvgIpc) is 2.48. The molecule has 6 nitrogen and oxygen atoms in total. The van der Waals surface area contributed by atoms with Crippen LogP contribution in [0.4, 0.5) is 9.18 Å². The lowest BCUT2D eigenvalue weighted by Crippen LogP contribution is -2.31. The van der Waals surface area contributed by atoms with Gasteiger partial charge in [0.1, 0.15) is 17.1 Å². The number of benzene rings is 1. The van der Waals surface area contributed by atoms with Crippen LogP contribution in [0.2, 0.25) is 0 Å². The third-order valence-corrected chi connectivity index (χ3v) is 2.82. The summed E-state index contributed by atoms with van der Waals surface area (Å²) in [5, 5.41) is 3.97. The van der Waals surface area contributed by atoms with E-state index in [1.807, 2.05) is 0 Å². The third kappa shape index (κ3) is 4.84. The van der Waals surface area contributed by atoms with Crippen molar-refractivity contribution in [3.63, 3.8) is 0 Å². The number of nitrogens with one attached hydrogen (secondary N) is 1. The lowest BCUT2D eigenvalue weighted by Gasteiger charge is -2.18. The first-order valence-corrected chi connectivity index (χ1v) is 7.37. The van der Waals surface area contributed by atoms with Gasteiger partial charge in [0.05, 0.1) is 0 Å². The minimum atomic E-state index is -0.747. The number of hydrogen-bond acceptors (Lipinski definition) is 5. The first-order chi connectivity index (χ1) is 11.3. The molecule has 2 aromatic rings. The number of aromatic nitrogens is 2. The Hall–Kier alpha value is -2.83. The molecule has 2 rings (SSSR count). The van der Waals surface area contributed by atoms with E-state index in [2.05, 4.69) is 20.5 Å². The van der Waals surface area contributed by atoms with Crippen LogP contribution < -0.4 is 5.43 Å². The number of rotatable bonds is 3. The Kier molecular flexibility index (Phi) is 5.23. The summed E-state index contributed by atoms with van der Waals surface area (Å²) in [6.45, 7) is 6.98. The number of ether oxygens (including phenoxy) is 1. The summed E-state index contributed by atoms with van der Waals surface area (Å²) in [6, 6.07) is 6.32. The number of carbonyl (C=O) groups excluding carboxylic acids is 1. The van der Waals surface area contributed by atoms with Gasteiger partial charge in [-0.15, -0.1) is 0 Å². The minimum Gasteiger partial charge on any atom is -0.443 e. The molecule has 1 aromatic heterocycles. The molecule has 0 saturated carbocycles. The van der Waals surface area contributed by atoms with Crippen LogP contribution in [0.3, 0.4) is 0 Å². The summed E-state index contributed by atoms with van der Waals surface area (Å²) < 4.78 is 19.4. The first-order valence-electron chi connectivity index (χ1n) is 7.37. The average molecular weight is 330 g/mol. The van der Waals surface area contributed by atoms with E-state index < -0.39 is 17.5 Å². The Morgan fingerprint density at radius 2 is 1.92 bits per heavy atom. The number of aryl methyl sites for hydroxylation is 1. The summed E-state index contributed by atoms with van der Waals surface area (Å²) in [4.78, 5) is 19.9. The smallest absolute Gasteiger partial charge is 0.428 e. The zero-order valence-corrected chi connectivity index (χ0v) is 14.0. The fourth-order valence-electron chi connectivity index (χ4n) is 1.87. The van der Waals surface area contributed by atoms with Gasteiger partial charge in [-0.3, -0.25) is 0 Å². The van der Waals surface area contributed by atoms with Gasteiger partial charge in [-0.2, -0.15) is 5.10 Å². The van der Waals surface area contributed by atoms with E-state index in [-0.39, 0.29) is 17.1 Å². The van der Waals surface area contributed by atoms with Gasteiger partial charge in [-0.05, 0) is 51.5 Å². The van der Waals surface area contributed by atoms with Crippen LogP contribution in [0.5, 0.6) is 0 Å². The molecule has 1 heterocycles. The summed E-state index contributed by atoms with van der Waals surface area (Å²) in [6.07, 6.45) is 2.28. The van der Waals surface area contributed by atoms with Gasteiger partial charge in [-0.1, -0.05) is 6.07 Å². The van der Waals surface area contributed by atoms with Gasteiger partial charge in [0.15, 0.2) is 5.82 Å². The highest BCUT2D eigenvalue weighted by Crippen LogP contribution is 2.14. The molecule has 0 aliphatic rings. The van der Waals surface area contributed by atoms with Crippen LogP contribution in [0.1, 0.15) is 37.7 Å². The van der Waals surface area contributed by atoms with Gasteiger partial charge in [0, 0.05) is 18.0 Å². The molecule has 1 amide bonds. The third-order valence-electron chi connectivity index (χ3n) is 2.82. The van der Waals surface area contributed by atoms with Gasteiger partial charge < -0.3 is 4.74 Å². The lowest BCUT2D eigenvalue weighted by atomic mass is 10.1. The second-order valence-electron chi connectivity index (χ2n) is 6.13. The van der Waals surface area contributed by atoms with E-state index in [1.54, 1.807) is 45.9 Å². The molecule has 0 aliphatic carbocycles. The molecule has 7 heteroatoms. The number of nitrogens with zero attached hydrogens (tertiary/aromatic N) is 3. The Balaban J connectivity index is 2.37. The highest BCUT2D eigenvalue weighted by molar-refractivity contribution is 6.10. The maximum absolute atomic E-state index is 14.3. The van der Waals surface area contributed by atoms with E-state index in [0.29, 0.717) is 0 Å². The van der Waals surface area contributed by atoms with Crippen LogP contribution in [0, 0.1) is 12.7 Å². The molecule has 0 atom stereocenters. The van der Waals surface area contributed by atoms with Gasteiger partial charge in [-0.25, -0.2) is 24.6 Å². The van der Waals surface area contributed by atoms with Crippen LogP contribution in [0.25, 0.3) is 0 Å². The molecule has 0 bridgehead atoms. The molecular formula is C17H19FN4O2. The van der Waals surface area contributed by atoms with Crippen LogP contribution in [0.15, 0.2) is 41.8 Å². The largest absolute Gasteiger partial charge is 0.443 e. The van der Waals surface area contributed by atoms with Crippen molar-refractivity contribution in [3.8, 4) is 0 Å². The number of hydrogen-bond donors (Lipinski definition) is 1. The van der Waals surface area contributed by atoms with Crippen LogP contribution in [-0.4, -0.2) is 27.4 Å². The summed E-state index contributed by atoms with van der Waals surface area (Å²) >= 11 is 0. The first kappa shape index (κ1) is 17.5. The molecular weight excluding hydrogens is 311 g/mol. The molecule has 0 saturated heterocycles. The molecule has 1 N–H and O–H groups in total. The van der Waals surface area contributed by atoms with E-state index in [0.717, 1.165) is 5.56 Å². The van der Waals surface area contributed by atoms with Gasteiger partial charge in [0.2, 0.25) is 0 Å². The zero-order valence-electron chi connectivity index (χ0n) is 14.0. The number of halogens is 1. The maximum Gasteiger partial charge on any atom is 0.428 e. The van der Waals surface area contributed by atoms with E-state index in [9.17, 15) is 9.18 Å². The Morgan fingerprint density at radius 1 is 1.25 bits per heavy atom. The minimum absolute atomic E-state index is 0.110. The van der Waals surface area contributed by atoms with E-state index in [1.165, 1.54) is 18.5 Å². The monoisotopic (exact) mass is 330 g/mol. The lowest BCUT2D eigenvalue weighted by molar-refractivity contribution is 0.0529. The van der Waals surface area contributed by atoms with Gasteiger partial charge in [0.25, 0.3) is 0 Å². The fraction of sp³-hybridized carbons (Fsp3) is 0.294. The summed E-state index contributed by atoms with van der Waals surface area (Å²) in [5.74, 6) is -0.288. The van der Waals surface area contributed by atoms with Crippen LogP contribution in [-0.2, 0) is 4.74 Å². The number of amides is 1. The second-order valence-corrected chi connectivity index (χ2v) is 6.13. The van der Waals surface area contributed by atoms with E-state index in [4.69, 9.17) is 4.74 Å². The molecule has 24 heavy (non-hydrogen) atoms. The second kappa shape index (κ2) is 7.16. The Labute approximate surface area is 139 Å². The maximum atomic E-state index is 14.3. The molecule has 0 unspecified atom stereocenters. The fourth-order valence-corrected chi connectivity index (χ4v) is 1.87. The Bertz CT molecular complexity index is 755. The molecule has 1 aromatic carbocycles. The number of hydrazone groups is 1.